The van der Waals surface area contributed by atoms with Gasteiger partial charge < -0.3 is 14.9 Å². The van der Waals surface area contributed by atoms with E-state index >= 15 is 0 Å². The van der Waals surface area contributed by atoms with Gasteiger partial charge in [0.25, 0.3) is 0 Å². The highest BCUT2D eigenvalue weighted by atomic mass is 32.2. The van der Waals surface area contributed by atoms with Crippen LogP contribution in [0.5, 0.6) is 0 Å². The van der Waals surface area contributed by atoms with Crippen molar-refractivity contribution < 1.29 is 28.2 Å². The lowest BCUT2D eigenvalue weighted by molar-refractivity contribution is 0.0679. The fraction of sp³-hybridized carbons (Fsp3) is 0.500. The molecule has 1 atom stereocenters. The highest BCUT2D eigenvalue weighted by Crippen LogP contribution is 2.25. The standard InChI is InChI=1S/C10H15NO6S2/c1-6-3-8(18-9(6)10(13)14)19(15,16)11-4-7(12)5-17-2/h3,7,11-12H,4-5H2,1-2H3,(H,13,14). The molecule has 1 unspecified atom stereocenters. The summed E-state index contributed by atoms with van der Waals surface area (Å²) in [7, 11) is -2.43. The first-order valence-corrected chi connectivity index (χ1v) is 7.58. The minimum absolute atomic E-state index is 0.00631. The molecule has 0 aromatic carbocycles. The van der Waals surface area contributed by atoms with Crippen LogP contribution in [0.2, 0.25) is 0 Å². The number of methoxy groups -OCH3 is 1. The van der Waals surface area contributed by atoms with Crippen molar-refractivity contribution in [2.24, 2.45) is 0 Å². The van der Waals surface area contributed by atoms with Crippen LogP contribution in [-0.4, -0.2) is 51.0 Å². The van der Waals surface area contributed by atoms with Gasteiger partial charge in [0.05, 0.1) is 12.7 Å². The molecule has 1 rings (SSSR count). The van der Waals surface area contributed by atoms with Crippen molar-refractivity contribution in [2.45, 2.75) is 17.2 Å². The smallest absolute Gasteiger partial charge is 0.346 e. The molecule has 1 heterocycles. The third-order valence-corrected chi connectivity index (χ3v) is 5.34. The Morgan fingerprint density at radius 2 is 2.21 bits per heavy atom. The molecule has 0 saturated heterocycles. The second-order valence-electron chi connectivity index (χ2n) is 3.84. The zero-order valence-corrected chi connectivity index (χ0v) is 12.0. The van der Waals surface area contributed by atoms with Crippen LogP contribution in [0.4, 0.5) is 0 Å². The number of aliphatic hydroxyl groups excluding tert-OH is 1. The van der Waals surface area contributed by atoms with Crippen molar-refractivity contribution in [1.82, 2.24) is 4.72 Å². The minimum Gasteiger partial charge on any atom is -0.477 e. The molecule has 0 bridgehead atoms. The highest BCUT2D eigenvalue weighted by Gasteiger charge is 2.22. The van der Waals surface area contributed by atoms with E-state index in [1.54, 1.807) is 0 Å². The number of sulfonamides is 1. The van der Waals surface area contributed by atoms with Gasteiger partial charge in [-0.15, -0.1) is 11.3 Å². The van der Waals surface area contributed by atoms with Gasteiger partial charge in [-0.3, -0.25) is 0 Å². The number of aliphatic hydroxyl groups is 1. The van der Waals surface area contributed by atoms with Crippen LogP contribution >= 0.6 is 11.3 Å². The van der Waals surface area contributed by atoms with Gasteiger partial charge in [-0.1, -0.05) is 0 Å². The second kappa shape index (κ2) is 6.44. The van der Waals surface area contributed by atoms with E-state index in [9.17, 15) is 18.3 Å². The predicted molar refractivity (Wildman–Crippen MR) is 69.1 cm³/mol. The lowest BCUT2D eigenvalue weighted by atomic mass is 10.3. The van der Waals surface area contributed by atoms with E-state index in [1.807, 2.05) is 0 Å². The number of nitrogens with one attached hydrogen (secondary N) is 1. The van der Waals surface area contributed by atoms with Crippen LogP contribution in [-0.2, 0) is 14.8 Å². The maximum Gasteiger partial charge on any atom is 0.346 e. The molecule has 0 spiro atoms. The zero-order chi connectivity index (χ0) is 14.6. The van der Waals surface area contributed by atoms with E-state index < -0.39 is 22.1 Å². The second-order valence-corrected chi connectivity index (χ2v) is 6.89. The van der Waals surface area contributed by atoms with Crippen molar-refractivity contribution in [3.05, 3.63) is 16.5 Å². The summed E-state index contributed by atoms with van der Waals surface area (Å²) < 4.78 is 30.5. The Balaban J connectivity index is 2.83. The van der Waals surface area contributed by atoms with Crippen molar-refractivity contribution >= 4 is 27.3 Å². The molecular formula is C10H15NO6S2. The van der Waals surface area contributed by atoms with Crippen LogP contribution in [0.1, 0.15) is 15.2 Å². The molecule has 0 aliphatic heterocycles. The number of rotatable bonds is 7. The molecule has 7 nitrogen and oxygen atoms in total. The summed E-state index contributed by atoms with van der Waals surface area (Å²) in [6, 6.07) is 1.29. The Labute approximate surface area is 114 Å². The van der Waals surface area contributed by atoms with Gasteiger partial charge in [-0.05, 0) is 18.6 Å². The van der Waals surface area contributed by atoms with Gasteiger partial charge in [-0.2, -0.15) is 0 Å². The number of thiophene rings is 1. The molecule has 1 aromatic heterocycles. The summed E-state index contributed by atoms with van der Waals surface area (Å²) >= 11 is 0.677. The Bertz CT molecular complexity index is 550. The minimum atomic E-state index is -3.82. The SMILES string of the molecule is COCC(O)CNS(=O)(=O)c1cc(C)c(C(=O)O)s1. The number of aryl methyl sites for hydroxylation is 1. The van der Waals surface area contributed by atoms with Crippen LogP contribution in [0.15, 0.2) is 10.3 Å². The van der Waals surface area contributed by atoms with Gasteiger partial charge in [-0.25, -0.2) is 17.9 Å². The van der Waals surface area contributed by atoms with Gasteiger partial charge in [0, 0.05) is 13.7 Å². The maximum absolute atomic E-state index is 11.9. The van der Waals surface area contributed by atoms with Gasteiger partial charge >= 0.3 is 5.97 Å². The average molecular weight is 309 g/mol. The molecule has 108 valence electrons. The fourth-order valence-electron chi connectivity index (χ4n) is 1.33. The summed E-state index contributed by atoms with van der Waals surface area (Å²) in [5, 5.41) is 18.2. The first-order chi connectivity index (χ1) is 8.77. The van der Waals surface area contributed by atoms with Gasteiger partial charge in [0.1, 0.15) is 9.09 Å². The molecular weight excluding hydrogens is 294 g/mol. The van der Waals surface area contributed by atoms with Gasteiger partial charge in [0.2, 0.25) is 10.0 Å². The van der Waals surface area contributed by atoms with Gasteiger partial charge in [0.15, 0.2) is 0 Å². The van der Waals surface area contributed by atoms with E-state index in [2.05, 4.69) is 9.46 Å². The molecule has 19 heavy (non-hydrogen) atoms. The lowest BCUT2D eigenvalue weighted by Crippen LogP contribution is -2.34. The molecule has 0 aliphatic carbocycles. The molecule has 1 aromatic rings. The predicted octanol–water partition coefficient (Wildman–Crippen LogP) is 0.0403. The topological polar surface area (TPSA) is 113 Å². The van der Waals surface area contributed by atoms with Crippen LogP contribution in [0, 0.1) is 6.92 Å². The van der Waals surface area contributed by atoms with E-state index in [1.165, 1.54) is 20.1 Å². The summed E-state index contributed by atoms with van der Waals surface area (Å²) in [5.41, 5.74) is 0.385. The molecule has 0 fully saturated rings. The van der Waals surface area contributed by atoms with Crippen LogP contribution in [0.3, 0.4) is 0 Å². The summed E-state index contributed by atoms with van der Waals surface area (Å²) in [6.07, 6.45) is -0.959. The molecule has 3 N–H and O–H groups in total. The summed E-state index contributed by atoms with van der Waals surface area (Å²) in [4.78, 5) is 10.8. The van der Waals surface area contributed by atoms with E-state index in [-0.39, 0.29) is 22.2 Å². The van der Waals surface area contributed by atoms with Crippen LogP contribution < -0.4 is 4.72 Å². The van der Waals surface area contributed by atoms with Crippen molar-refractivity contribution in [1.29, 1.82) is 0 Å². The Morgan fingerprint density at radius 3 is 2.68 bits per heavy atom. The normalized spacial score (nSPS) is 13.4. The van der Waals surface area contributed by atoms with Crippen molar-refractivity contribution in [3.8, 4) is 0 Å². The lowest BCUT2D eigenvalue weighted by Gasteiger charge is -2.10. The molecule has 9 heteroatoms. The number of hydrogen-bond donors (Lipinski definition) is 3. The summed E-state index contributed by atoms with van der Waals surface area (Å²) in [5.74, 6) is -1.16. The Kier molecular flexibility index (Phi) is 5.44. The first-order valence-electron chi connectivity index (χ1n) is 5.28. The zero-order valence-electron chi connectivity index (χ0n) is 10.4. The highest BCUT2D eigenvalue weighted by molar-refractivity contribution is 7.91. The van der Waals surface area contributed by atoms with Crippen molar-refractivity contribution in [3.63, 3.8) is 0 Å². The third-order valence-electron chi connectivity index (χ3n) is 2.22. The Morgan fingerprint density at radius 1 is 1.58 bits per heavy atom. The van der Waals surface area contributed by atoms with E-state index in [0.717, 1.165) is 0 Å². The Hall–Kier alpha value is -1.00. The maximum atomic E-state index is 11.9. The summed E-state index contributed by atoms with van der Waals surface area (Å²) in [6.45, 7) is 1.33. The fourth-order valence-corrected chi connectivity index (χ4v) is 3.82. The number of hydrogen-bond acceptors (Lipinski definition) is 6. The number of ether oxygens (including phenoxy) is 1. The molecule has 0 amide bonds. The van der Waals surface area contributed by atoms with Crippen molar-refractivity contribution in [2.75, 3.05) is 20.3 Å². The number of carbonyl (C=O) groups is 1. The quantitative estimate of drug-likeness (QED) is 0.655. The third kappa shape index (κ3) is 4.25. The number of carboxylic acids is 1. The molecule has 0 aliphatic rings. The first kappa shape index (κ1) is 16.1. The average Bonchev–Trinajstić information content (AvgIpc) is 2.70. The monoisotopic (exact) mass is 309 g/mol. The molecule has 0 radical (unpaired) electrons. The largest absolute Gasteiger partial charge is 0.477 e. The molecule has 0 saturated carbocycles. The van der Waals surface area contributed by atoms with E-state index in [0.29, 0.717) is 16.9 Å². The van der Waals surface area contributed by atoms with Crippen LogP contribution in [0.25, 0.3) is 0 Å². The number of aromatic carboxylic acids is 1. The van der Waals surface area contributed by atoms with E-state index in [4.69, 9.17) is 5.11 Å². The number of carboxylic acid groups (broad SMARTS) is 1.